The highest BCUT2D eigenvalue weighted by atomic mass is 35.5. The van der Waals surface area contributed by atoms with Gasteiger partial charge in [0.05, 0.1) is 17.0 Å². The summed E-state index contributed by atoms with van der Waals surface area (Å²) in [6.07, 6.45) is 1.71. The second kappa shape index (κ2) is 8.07. The van der Waals surface area contributed by atoms with Crippen molar-refractivity contribution in [2.45, 2.75) is 6.61 Å². The summed E-state index contributed by atoms with van der Waals surface area (Å²) in [6, 6.07) is 9.64. The smallest absolute Gasteiger partial charge is 0.263 e. The van der Waals surface area contributed by atoms with Gasteiger partial charge in [-0.2, -0.15) is 0 Å². The average Bonchev–Trinajstić information content (AvgIpc) is 2.92. The van der Waals surface area contributed by atoms with E-state index in [4.69, 9.17) is 33.3 Å². The van der Waals surface area contributed by atoms with Gasteiger partial charge in [0.1, 0.15) is 16.7 Å². The molecule has 0 spiro atoms. The molecule has 1 aliphatic heterocycles. The number of benzene rings is 2. The van der Waals surface area contributed by atoms with Crippen LogP contribution in [-0.4, -0.2) is 17.3 Å². The molecule has 1 N–H and O–H groups in total. The Morgan fingerprint density at radius 1 is 1.31 bits per heavy atom. The molecule has 1 fully saturated rings. The van der Waals surface area contributed by atoms with Gasteiger partial charge in [0.15, 0.2) is 11.5 Å². The summed E-state index contributed by atoms with van der Waals surface area (Å²) >= 11 is 12.2. The molecule has 1 amide bonds. The quantitative estimate of drug-likeness (QED) is 0.579. The Hall–Kier alpha value is -2.09. The molecular formula is C18H13ClFNO3S2. The van der Waals surface area contributed by atoms with E-state index < -0.39 is 5.82 Å². The number of thioether (sulfide) groups is 1. The van der Waals surface area contributed by atoms with E-state index in [1.54, 1.807) is 30.3 Å². The third-order valence-corrected chi connectivity index (χ3v) is 5.08. The normalized spacial score (nSPS) is 15.3. The predicted octanol–water partition coefficient (Wildman–Crippen LogP) is 4.56. The van der Waals surface area contributed by atoms with Crippen LogP contribution in [0.3, 0.4) is 0 Å². The van der Waals surface area contributed by atoms with Gasteiger partial charge in [0.2, 0.25) is 0 Å². The van der Waals surface area contributed by atoms with E-state index in [9.17, 15) is 9.18 Å². The number of hydrogen-bond acceptors (Lipinski definition) is 5. The lowest BCUT2D eigenvalue weighted by molar-refractivity contribution is -0.115. The summed E-state index contributed by atoms with van der Waals surface area (Å²) in [7, 11) is 1.50. The van der Waals surface area contributed by atoms with E-state index in [1.807, 2.05) is 0 Å². The molecule has 8 heteroatoms. The Bertz CT molecular complexity index is 897. The number of carbonyl (C=O) groups is 1. The summed E-state index contributed by atoms with van der Waals surface area (Å²) in [6.45, 7) is -0.0329. The van der Waals surface area contributed by atoms with Crippen LogP contribution in [0, 0.1) is 5.82 Å². The van der Waals surface area contributed by atoms with Gasteiger partial charge in [-0.1, -0.05) is 47.7 Å². The van der Waals surface area contributed by atoms with Crippen LogP contribution in [-0.2, 0) is 11.4 Å². The highest BCUT2D eigenvalue weighted by Crippen LogP contribution is 2.32. The molecule has 26 heavy (non-hydrogen) atoms. The van der Waals surface area contributed by atoms with Gasteiger partial charge in [-0.25, -0.2) is 4.39 Å². The highest BCUT2D eigenvalue weighted by Gasteiger charge is 2.22. The van der Waals surface area contributed by atoms with Gasteiger partial charge in [0.25, 0.3) is 5.91 Å². The Kier molecular flexibility index (Phi) is 5.80. The molecule has 0 atom stereocenters. The van der Waals surface area contributed by atoms with Crippen LogP contribution in [0.5, 0.6) is 11.5 Å². The van der Waals surface area contributed by atoms with E-state index in [1.165, 1.54) is 31.0 Å². The second-order valence-electron chi connectivity index (χ2n) is 5.25. The summed E-state index contributed by atoms with van der Waals surface area (Å²) in [5, 5.41) is 2.86. The fourth-order valence-electron chi connectivity index (χ4n) is 2.29. The number of amides is 1. The molecule has 0 radical (unpaired) electrons. The van der Waals surface area contributed by atoms with E-state index in [0.29, 0.717) is 25.7 Å². The van der Waals surface area contributed by atoms with Crippen molar-refractivity contribution in [3.8, 4) is 11.5 Å². The number of nitrogens with one attached hydrogen (secondary N) is 1. The number of thiocarbonyl (C=S) groups is 1. The van der Waals surface area contributed by atoms with Crippen molar-refractivity contribution in [2.24, 2.45) is 0 Å². The lowest BCUT2D eigenvalue weighted by Gasteiger charge is -2.12. The predicted molar refractivity (Wildman–Crippen MR) is 105 cm³/mol. The number of methoxy groups -OCH3 is 1. The van der Waals surface area contributed by atoms with Crippen LogP contribution in [0.2, 0.25) is 5.02 Å². The first kappa shape index (κ1) is 18.7. The van der Waals surface area contributed by atoms with Gasteiger partial charge >= 0.3 is 0 Å². The molecule has 2 aromatic carbocycles. The molecule has 0 saturated carbocycles. The van der Waals surface area contributed by atoms with Crippen molar-refractivity contribution in [1.82, 2.24) is 5.32 Å². The zero-order valence-corrected chi connectivity index (χ0v) is 15.9. The fourth-order valence-corrected chi connectivity index (χ4v) is 3.55. The van der Waals surface area contributed by atoms with Crippen molar-refractivity contribution in [1.29, 1.82) is 0 Å². The van der Waals surface area contributed by atoms with E-state index >= 15 is 0 Å². The van der Waals surface area contributed by atoms with Crippen LogP contribution in [0.1, 0.15) is 11.1 Å². The minimum Gasteiger partial charge on any atom is -0.493 e. The van der Waals surface area contributed by atoms with Gasteiger partial charge in [-0.3, -0.25) is 4.79 Å². The molecule has 2 aromatic rings. The van der Waals surface area contributed by atoms with Gasteiger partial charge in [0, 0.05) is 5.56 Å². The zero-order valence-electron chi connectivity index (χ0n) is 13.5. The molecule has 1 aliphatic rings. The van der Waals surface area contributed by atoms with Gasteiger partial charge in [-0.05, 0) is 35.9 Å². The molecule has 0 unspecified atom stereocenters. The number of halogens is 2. The lowest BCUT2D eigenvalue weighted by Crippen LogP contribution is -2.17. The summed E-state index contributed by atoms with van der Waals surface area (Å²) in [5.74, 6) is 0.234. The monoisotopic (exact) mass is 409 g/mol. The second-order valence-corrected chi connectivity index (χ2v) is 7.38. The standard InChI is InChI=1S/C18H13ClFNO3S2/c1-23-15-7-10(8-16-17(22)21-18(25)26-16)5-6-14(15)24-9-11-12(19)3-2-4-13(11)20/h2-8H,9H2,1H3,(H,21,22,25)/b16-8+. The Morgan fingerprint density at radius 3 is 2.77 bits per heavy atom. The molecule has 3 rings (SSSR count). The first-order valence-electron chi connectivity index (χ1n) is 7.46. The maximum Gasteiger partial charge on any atom is 0.263 e. The van der Waals surface area contributed by atoms with Crippen molar-refractivity contribution in [3.05, 3.63) is 63.3 Å². The number of carbonyl (C=O) groups excluding carboxylic acids is 1. The van der Waals surface area contributed by atoms with E-state index in [2.05, 4.69) is 5.32 Å². The van der Waals surface area contributed by atoms with Gasteiger partial charge < -0.3 is 14.8 Å². The van der Waals surface area contributed by atoms with Crippen molar-refractivity contribution in [3.63, 3.8) is 0 Å². The molecule has 0 aromatic heterocycles. The zero-order chi connectivity index (χ0) is 18.7. The van der Waals surface area contributed by atoms with Gasteiger partial charge in [-0.15, -0.1) is 0 Å². The van der Waals surface area contributed by atoms with Crippen molar-refractivity contribution >= 4 is 51.9 Å². The maximum absolute atomic E-state index is 13.8. The number of rotatable bonds is 5. The van der Waals surface area contributed by atoms with Crippen LogP contribution in [0.25, 0.3) is 6.08 Å². The topological polar surface area (TPSA) is 47.6 Å². The minimum atomic E-state index is -0.432. The van der Waals surface area contributed by atoms with Crippen LogP contribution < -0.4 is 14.8 Å². The van der Waals surface area contributed by atoms with Crippen LogP contribution >= 0.6 is 35.6 Å². The third-order valence-electron chi connectivity index (χ3n) is 3.56. The molecular weight excluding hydrogens is 397 g/mol. The average molecular weight is 410 g/mol. The molecule has 0 bridgehead atoms. The minimum absolute atomic E-state index is 0.0329. The summed E-state index contributed by atoms with van der Waals surface area (Å²) in [4.78, 5) is 12.2. The largest absolute Gasteiger partial charge is 0.493 e. The molecule has 4 nitrogen and oxygen atoms in total. The Balaban J connectivity index is 1.80. The lowest BCUT2D eigenvalue weighted by atomic mass is 10.2. The maximum atomic E-state index is 13.8. The Labute approximate surface area is 164 Å². The summed E-state index contributed by atoms with van der Waals surface area (Å²) in [5.41, 5.74) is 1.02. The Morgan fingerprint density at radius 2 is 2.12 bits per heavy atom. The first-order valence-corrected chi connectivity index (χ1v) is 9.07. The fraction of sp³-hybridized carbons (Fsp3) is 0.111. The molecule has 1 saturated heterocycles. The molecule has 0 aliphatic carbocycles. The van der Waals surface area contributed by atoms with Crippen molar-refractivity contribution < 1.29 is 18.7 Å². The molecule has 134 valence electrons. The first-order chi connectivity index (χ1) is 12.5. The molecule has 1 heterocycles. The van der Waals surface area contributed by atoms with E-state index in [0.717, 1.165) is 5.56 Å². The van der Waals surface area contributed by atoms with Crippen LogP contribution in [0.4, 0.5) is 4.39 Å². The number of hydrogen-bond donors (Lipinski definition) is 1. The van der Waals surface area contributed by atoms with Crippen molar-refractivity contribution in [2.75, 3.05) is 7.11 Å². The van der Waals surface area contributed by atoms with E-state index in [-0.39, 0.29) is 18.1 Å². The van der Waals surface area contributed by atoms with Crippen LogP contribution in [0.15, 0.2) is 41.3 Å². The number of ether oxygens (including phenoxy) is 2. The SMILES string of the molecule is COc1cc(/C=C2/SC(=S)NC2=O)ccc1OCc1c(F)cccc1Cl. The highest BCUT2D eigenvalue weighted by molar-refractivity contribution is 8.26. The summed E-state index contributed by atoms with van der Waals surface area (Å²) < 4.78 is 25.3. The third kappa shape index (κ3) is 4.17.